The summed E-state index contributed by atoms with van der Waals surface area (Å²) in [5.41, 5.74) is 8.50. The van der Waals surface area contributed by atoms with Crippen LogP contribution in [0, 0.1) is 11.3 Å². The summed E-state index contributed by atoms with van der Waals surface area (Å²) in [6.45, 7) is 0. The highest BCUT2D eigenvalue weighted by atomic mass is 16.3. The maximum absolute atomic E-state index is 9.44. The summed E-state index contributed by atoms with van der Waals surface area (Å²) in [6.07, 6.45) is 0. The molecule has 0 saturated heterocycles. The van der Waals surface area contributed by atoms with Crippen LogP contribution in [0.2, 0.25) is 0 Å². The molecule has 0 bridgehead atoms. The predicted octanol–water partition coefficient (Wildman–Crippen LogP) is 9.28. The highest BCUT2D eigenvalue weighted by Crippen LogP contribution is 2.40. The van der Waals surface area contributed by atoms with E-state index in [9.17, 15) is 5.26 Å². The van der Waals surface area contributed by atoms with Crippen molar-refractivity contribution in [2.75, 3.05) is 0 Å². The molecule has 0 unspecified atom stereocenters. The Morgan fingerprint density at radius 3 is 2.15 bits per heavy atom. The first-order valence-corrected chi connectivity index (χ1v) is 13.2. The van der Waals surface area contributed by atoms with Gasteiger partial charge in [0.05, 0.1) is 22.7 Å². The van der Waals surface area contributed by atoms with E-state index in [1.165, 1.54) is 5.56 Å². The zero-order valence-electron chi connectivity index (χ0n) is 21.4. The van der Waals surface area contributed by atoms with Gasteiger partial charge in [-0.2, -0.15) is 5.26 Å². The predicted molar refractivity (Wildman–Crippen MR) is 161 cm³/mol. The van der Waals surface area contributed by atoms with Crippen LogP contribution in [0.1, 0.15) is 5.56 Å². The summed E-state index contributed by atoms with van der Waals surface area (Å²) < 4.78 is 8.47. The van der Waals surface area contributed by atoms with Crippen molar-refractivity contribution in [3.05, 3.63) is 133 Å². The molecular weight excluding hydrogens is 490 g/mol. The number of aromatic nitrogens is 2. The molecule has 0 fully saturated rings. The maximum atomic E-state index is 9.44. The Balaban J connectivity index is 1.33. The van der Waals surface area contributed by atoms with Crippen molar-refractivity contribution in [1.82, 2.24) is 9.55 Å². The molecule has 0 radical (unpaired) electrons. The fourth-order valence-corrected chi connectivity index (χ4v) is 5.77. The Labute approximate surface area is 230 Å². The number of benzene rings is 6. The summed E-state index contributed by atoms with van der Waals surface area (Å²) in [7, 11) is 0. The van der Waals surface area contributed by atoms with Crippen LogP contribution in [-0.4, -0.2) is 9.55 Å². The molecule has 4 heteroatoms. The van der Waals surface area contributed by atoms with Gasteiger partial charge in [0, 0.05) is 27.4 Å². The van der Waals surface area contributed by atoms with Gasteiger partial charge < -0.3 is 4.42 Å². The molecule has 2 aromatic heterocycles. The second kappa shape index (κ2) is 8.69. The Bertz CT molecular complexity index is 2270. The number of hydrogen-bond acceptors (Lipinski definition) is 3. The van der Waals surface area contributed by atoms with Gasteiger partial charge in [-0.1, -0.05) is 84.9 Å². The molecule has 6 aromatic carbocycles. The Hall–Kier alpha value is -5.66. The number of hydrogen-bond donors (Lipinski definition) is 0. The normalized spacial score (nSPS) is 11.5. The van der Waals surface area contributed by atoms with Crippen LogP contribution in [0.15, 0.2) is 132 Å². The van der Waals surface area contributed by atoms with Crippen LogP contribution in [0.4, 0.5) is 0 Å². The van der Waals surface area contributed by atoms with E-state index in [0.29, 0.717) is 5.56 Å². The first-order valence-electron chi connectivity index (χ1n) is 13.2. The van der Waals surface area contributed by atoms with Crippen molar-refractivity contribution in [2.24, 2.45) is 0 Å². The van der Waals surface area contributed by atoms with Crippen molar-refractivity contribution < 1.29 is 4.42 Å². The molecule has 0 aliphatic heterocycles. The second-order valence-corrected chi connectivity index (χ2v) is 9.94. The Morgan fingerprint density at radius 2 is 1.35 bits per heavy atom. The van der Waals surface area contributed by atoms with Gasteiger partial charge in [0.1, 0.15) is 17.0 Å². The van der Waals surface area contributed by atoms with Crippen LogP contribution < -0.4 is 0 Å². The Morgan fingerprint density at radius 1 is 0.625 bits per heavy atom. The lowest BCUT2D eigenvalue weighted by molar-refractivity contribution is 0.672. The van der Waals surface area contributed by atoms with Crippen LogP contribution in [0.3, 0.4) is 0 Å². The number of imidazole rings is 1. The molecule has 4 nitrogen and oxygen atoms in total. The largest absolute Gasteiger partial charge is 0.455 e. The number of para-hydroxylation sites is 1. The minimum atomic E-state index is 0.598. The van der Waals surface area contributed by atoms with Crippen LogP contribution >= 0.6 is 0 Å². The zero-order valence-corrected chi connectivity index (χ0v) is 21.4. The zero-order chi connectivity index (χ0) is 26.6. The van der Waals surface area contributed by atoms with Crippen LogP contribution in [-0.2, 0) is 0 Å². The number of nitrogens with zero attached hydrogens (tertiary/aromatic N) is 3. The third kappa shape index (κ3) is 3.35. The van der Waals surface area contributed by atoms with Crippen molar-refractivity contribution in [2.45, 2.75) is 0 Å². The van der Waals surface area contributed by atoms with Crippen molar-refractivity contribution >= 4 is 43.7 Å². The van der Waals surface area contributed by atoms with Gasteiger partial charge in [0.25, 0.3) is 0 Å². The van der Waals surface area contributed by atoms with Gasteiger partial charge >= 0.3 is 0 Å². The van der Waals surface area contributed by atoms with E-state index in [4.69, 9.17) is 9.40 Å². The van der Waals surface area contributed by atoms with Gasteiger partial charge in [0.15, 0.2) is 0 Å². The maximum Gasteiger partial charge on any atom is 0.145 e. The fraction of sp³-hybridized carbons (Fsp3) is 0. The molecule has 8 rings (SSSR count). The minimum absolute atomic E-state index is 0.598. The van der Waals surface area contributed by atoms with E-state index in [2.05, 4.69) is 89.5 Å². The first kappa shape index (κ1) is 22.3. The third-order valence-corrected chi connectivity index (χ3v) is 7.64. The SMILES string of the molecule is N#Cc1ccc2c(c1)nc(-c1ccccc1)n2-c1ccc(-c2cc3c4ccccc4oc3c3ccccc23)cc1. The standard InChI is InChI=1S/C36H21N3O/c37-22-23-14-19-33-32(20-23)38-36(25-8-2-1-3-9-25)39(33)26-17-15-24(16-18-26)30-21-31-28-11-6-7-13-34(28)40-35(31)29-12-5-4-10-27(29)30/h1-21H. The van der Waals surface area contributed by atoms with Gasteiger partial charge in [-0.3, -0.25) is 4.57 Å². The Kier molecular flexibility index (Phi) is 4.85. The minimum Gasteiger partial charge on any atom is -0.455 e. The first-order chi connectivity index (χ1) is 19.8. The molecule has 0 atom stereocenters. The quantitative estimate of drug-likeness (QED) is 0.237. The molecule has 8 aromatic rings. The molecule has 0 saturated carbocycles. The molecule has 0 amide bonds. The van der Waals surface area contributed by atoms with E-state index >= 15 is 0 Å². The molecule has 0 aliphatic rings. The highest BCUT2D eigenvalue weighted by Gasteiger charge is 2.17. The highest BCUT2D eigenvalue weighted by molar-refractivity contribution is 6.19. The van der Waals surface area contributed by atoms with E-state index in [1.54, 1.807) is 0 Å². The van der Waals surface area contributed by atoms with E-state index < -0.39 is 0 Å². The molecule has 40 heavy (non-hydrogen) atoms. The summed E-state index contributed by atoms with van der Waals surface area (Å²) in [5, 5.41) is 13.9. The monoisotopic (exact) mass is 511 g/mol. The average molecular weight is 512 g/mol. The van der Waals surface area contributed by atoms with Gasteiger partial charge in [-0.05, 0) is 59.0 Å². The van der Waals surface area contributed by atoms with E-state index in [1.807, 2.05) is 48.5 Å². The van der Waals surface area contributed by atoms with Crippen LogP contribution in [0.25, 0.3) is 71.9 Å². The third-order valence-electron chi connectivity index (χ3n) is 7.64. The topological polar surface area (TPSA) is 54.8 Å². The number of furan rings is 1. The molecule has 2 heterocycles. The average Bonchev–Trinajstić information content (AvgIpc) is 3.60. The fourth-order valence-electron chi connectivity index (χ4n) is 5.77. The van der Waals surface area contributed by atoms with Gasteiger partial charge in [0.2, 0.25) is 0 Å². The van der Waals surface area contributed by atoms with Crippen molar-refractivity contribution in [1.29, 1.82) is 5.26 Å². The van der Waals surface area contributed by atoms with E-state index in [-0.39, 0.29) is 0 Å². The van der Waals surface area contributed by atoms with Crippen molar-refractivity contribution in [3.8, 4) is 34.3 Å². The molecule has 0 spiro atoms. The van der Waals surface area contributed by atoms with Crippen LogP contribution in [0.5, 0.6) is 0 Å². The molecular formula is C36H21N3O. The lowest BCUT2D eigenvalue weighted by Crippen LogP contribution is -1.97. The van der Waals surface area contributed by atoms with Gasteiger partial charge in [-0.15, -0.1) is 0 Å². The summed E-state index contributed by atoms with van der Waals surface area (Å²) in [5.74, 6) is 0.843. The second-order valence-electron chi connectivity index (χ2n) is 9.94. The lowest BCUT2D eigenvalue weighted by Gasteiger charge is -2.12. The lowest BCUT2D eigenvalue weighted by atomic mass is 9.95. The van der Waals surface area contributed by atoms with E-state index in [0.717, 1.165) is 66.4 Å². The van der Waals surface area contributed by atoms with Crippen molar-refractivity contribution in [3.63, 3.8) is 0 Å². The molecule has 0 aliphatic carbocycles. The summed E-state index contributed by atoms with van der Waals surface area (Å²) in [6, 6.07) is 45.6. The number of rotatable bonds is 3. The number of fused-ring (bicyclic) bond motifs is 6. The number of nitriles is 1. The van der Waals surface area contributed by atoms with Gasteiger partial charge in [-0.25, -0.2) is 4.98 Å². The molecule has 0 N–H and O–H groups in total. The smallest absolute Gasteiger partial charge is 0.145 e. The summed E-state index contributed by atoms with van der Waals surface area (Å²) in [4.78, 5) is 4.95. The molecule has 186 valence electrons. The summed E-state index contributed by atoms with van der Waals surface area (Å²) >= 11 is 0.